The molecule has 0 atom stereocenters. The number of hydrogen-bond acceptors (Lipinski definition) is 2. The summed E-state index contributed by atoms with van der Waals surface area (Å²) in [7, 11) is 0. The highest BCUT2D eigenvalue weighted by Crippen LogP contribution is 2.44. The van der Waals surface area contributed by atoms with Crippen LogP contribution < -0.4 is 0 Å². The molecule has 0 fully saturated rings. The molecule has 51 heavy (non-hydrogen) atoms. The molecule has 6 aromatic carbocycles. The Bertz CT molecular complexity index is 2640. The molecule has 0 radical (unpaired) electrons. The Labute approximate surface area is 299 Å². The average molecular weight is 661 g/mol. The van der Waals surface area contributed by atoms with Gasteiger partial charge in [0.05, 0.1) is 56.7 Å². The summed E-state index contributed by atoms with van der Waals surface area (Å²) in [5.41, 5.74) is 12.5. The molecule has 2 heterocycles. The minimum Gasteiger partial charge on any atom is -0.308 e. The van der Waals surface area contributed by atoms with Crippen LogP contribution in [0.3, 0.4) is 0 Å². The first-order chi connectivity index (χ1) is 24.4. The van der Waals surface area contributed by atoms with Crippen molar-refractivity contribution < 1.29 is 0 Å². The third-order valence-corrected chi connectivity index (χ3v) is 10.3. The Hall–Kier alpha value is -6.10. The molecule has 0 aliphatic carbocycles. The third kappa shape index (κ3) is 5.19. The first-order valence-corrected chi connectivity index (χ1v) is 17.6. The summed E-state index contributed by atoms with van der Waals surface area (Å²) in [6, 6.07) is 45.7. The van der Waals surface area contributed by atoms with Crippen LogP contribution in [0.15, 0.2) is 115 Å². The summed E-state index contributed by atoms with van der Waals surface area (Å²) in [4.78, 5) is 0. The number of benzene rings is 6. The number of nitriles is 2. The summed E-state index contributed by atoms with van der Waals surface area (Å²) in [6.45, 7) is 15.5. The van der Waals surface area contributed by atoms with Crippen LogP contribution in [0, 0.1) is 29.6 Å². The van der Waals surface area contributed by atoms with Gasteiger partial charge in [-0.1, -0.05) is 108 Å². The Kier molecular flexibility index (Phi) is 7.23. The lowest BCUT2D eigenvalue weighted by atomic mass is 9.86. The van der Waals surface area contributed by atoms with Gasteiger partial charge in [0.15, 0.2) is 0 Å². The maximum atomic E-state index is 10.7. The van der Waals surface area contributed by atoms with Crippen LogP contribution in [0.25, 0.3) is 66.1 Å². The van der Waals surface area contributed by atoms with Gasteiger partial charge in [-0.05, 0) is 88.5 Å². The van der Waals surface area contributed by atoms with Gasteiger partial charge in [-0.2, -0.15) is 10.5 Å². The van der Waals surface area contributed by atoms with E-state index in [1.165, 1.54) is 11.1 Å². The summed E-state index contributed by atoms with van der Waals surface area (Å²) in [5, 5.41) is 25.5. The molecule has 0 bridgehead atoms. The van der Waals surface area contributed by atoms with Crippen LogP contribution in [-0.4, -0.2) is 9.13 Å². The van der Waals surface area contributed by atoms with Crippen molar-refractivity contribution in [2.24, 2.45) is 0 Å². The van der Waals surface area contributed by atoms with E-state index in [1.54, 1.807) is 0 Å². The van der Waals surface area contributed by atoms with Crippen molar-refractivity contribution in [3.05, 3.63) is 143 Å². The number of rotatable bonds is 3. The van der Waals surface area contributed by atoms with E-state index < -0.39 is 0 Å². The van der Waals surface area contributed by atoms with Gasteiger partial charge in [0.25, 0.3) is 0 Å². The molecule has 0 amide bonds. The Morgan fingerprint density at radius 1 is 0.471 bits per heavy atom. The lowest BCUT2D eigenvalue weighted by Gasteiger charge is -2.23. The van der Waals surface area contributed by atoms with Crippen molar-refractivity contribution in [3.8, 4) is 34.6 Å². The predicted molar refractivity (Wildman–Crippen MR) is 212 cm³/mol. The zero-order chi connectivity index (χ0) is 35.8. The topological polar surface area (TPSA) is 57.4 Å². The Morgan fingerprint density at radius 3 is 1.35 bits per heavy atom. The van der Waals surface area contributed by atoms with E-state index in [1.807, 2.05) is 31.2 Å². The second-order valence-electron chi connectivity index (χ2n) is 15.9. The van der Waals surface area contributed by atoms with E-state index in [2.05, 4.69) is 154 Å². The zero-order valence-electron chi connectivity index (χ0n) is 30.3. The third-order valence-electron chi connectivity index (χ3n) is 10.3. The first kappa shape index (κ1) is 32.1. The van der Waals surface area contributed by atoms with Gasteiger partial charge >= 0.3 is 0 Å². The van der Waals surface area contributed by atoms with Crippen molar-refractivity contribution in [2.75, 3.05) is 0 Å². The molecule has 0 unspecified atom stereocenters. The van der Waals surface area contributed by atoms with Crippen molar-refractivity contribution in [3.63, 3.8) is 0 Å². The van der Waals surface area contributed by atoms with Crippen LogP contribution >= 0.6 is 0 Å². The summed E-state index contributed by atoms with van der Waals surface area (Å²) < 4.78 is 4.67. The molecule has 248 valence electrons. The number of para-hydroxylation sites is 2. The lowest BCUT2D eigenvalue weighted by Crippen LogP contribution is -2.11. The number of fused-ring (bicyclic) bond motifs is 6. The van der Waals surface area contributed by atoms with Gasteiger partial charge in [0, 0.05) is 27.1 Å². The van der Waals surface area contributed by atoms with Crippen LogP contribution in [0.4, 0.5) is 0 Å². The number of aryl methyl sites for hydroxylation is 1. The Balaban J connectivity index is 1.62. The minimum atomic E-state index is -0.0655. The van der Waals surface area contributed by atoms with Crippen molar-refractivity contribution in [1.29, 1.82) is 10.5 Å². The molecule has 0 saturated heterocycles. The highest BCUT2D eigenvalue weighted by Gasteiger charge is 2.25. The number of nitrogens with zero attached hydrogens (tertiary/aromatic N) is 4. The fraction of sp³-hybridized carbons (Fsp3) is 0.191. The monoisotopic (exact) mass is 660 g/mol. The van der Waals surface area contributed by atoms with Gasteiger partial charge in [0.1, 0.15) is 0 Å². The zero-order valence-corrected chi connectivity index (χ0v) is 30.3. The second kappa shape index (κ2) is 11.5. The van der Waals surface area contributed by atoms with E-state index in [0.717, 1.165) is 71.7 Å². The first-order valence-electron chi connectivity index (χ1n) is 17.6. The summed E-state index contributed by atoms with van der Waals surface area (Å²) in [5.74, 6) is 0. The molecule has 4 heteroatoms. The summed E-state index contributed by atoms with van der Waals surface area (Å²) in [6.07, 6.45) is 0. The standard InChI is InChI=1S/C47H40N4/c1-29-20-30(27-48)22-32(21-29)45-43(50-39-14-10-8-12-35(39)37-18-16-33(25-41(37)50)46(2,3)4)23-31(28-49)24-44(45)51-40-15-11-9-13-36(40)38-19-17-34(26-42(38)51)47(5,6)7/h8-26H,1-7H3. The summed E-state index contributed by atoms with van der Waals surface area (Å²) >= 11 is 0. The van der Waals surface area contributed by atoms with Gasteiger partial charge in [-0.3, -0.25) is 0 Å². The molecule has 4 nitrogen and oxygen atoms in total. The van der Waals surface area contributed by atoms with Crippen LogP contribution in [0.1, 0.15) is 69.4 Å². The van der Waals surface area contributed by atoms with E-state index in [-0.39, 0.29) is 10.8 Å². The molecule has 0 aliphatic rings. The van der Waals surface area contributed by atoms with E-state index in [4.69, 9.17) is 0 Å². The number of hydrogen-bond donors (Lipinski definition) is 0. The van der Waals surface area contributed by atoms with Crippen molar-refractivity contribution in [1.82, 2.24) is 9.13 Å². The van der Waals surface area contributed by atoms with Gasteiger partial charge in [-0.25, -0.2) is 0 Å². The molecule has 0 saturated carbocycles. The average Bonchev–Trinajstić information content (AvgIpc) is 3.62. The van der Waals surface area contributed by atoms with Gasteiger partial charge < -0.3 is 9.13 Å². The Morgan fingerprint density at radius 2 is 0.902 bits per heavy atom. The van der Waals surface area contributed by atoms with Crippen LogP contribution in [-0.2, 0) is 10.8 Å². The quantitative estimate of drug-likeness (QED) is 0.189. The molecule has 8 rings (SSSR count). The smallest absolute Gasteiger partial charge is 0.0993 e. The lowest BCUT2D eigenvalue weighted by molar-refractivity contribution is 0.590. The van der Waals surface area contributed by atoms with Crippen LogP contribution in [0.5, 0.6) is 0 Å². The highest BCUT2D eigenvalue weighted by molar-refractivity contribution is 6.12. The van der Waals surface area contributed by atoms with Gasteiger partial charge in [0.2, 0.25) is 0 Å². The predicted octanol–water partition coefficient (Wildman–Crippen LogP) is 12.2. The normalized spacial score (nSPS) is 12.2. The van der Waals surface area contributed by atoms with Crippen LogP contribution in [0.2, 0.25) is 0 Å². The molecule has 0 aliphatic heterocycles. The largest absolute Gasteiger partial charge is 0.308 e. The molecule has 8 aromatic rings. The fourth-order valence-electron chi connectivity index (χ4n) is 7.71. The fourth-order valence-corrected chi connectivity index (χ4v) is 7.71. The minimum absolute atomic E-state index is 0.0655. The highest BCUT2D eigenvalue weighted by atomic mass is 15.0. The second-order valence-corrected chi connectivity index (χ2v) is 15.9. The van der Waals surface area contributed by atoms with Gasteiger partial charge in [-0.15, -0.1) is 0 Å². The number of aromatic nitrogens is 2. The SMILES string of the molecule is Cc1cc(C#N)cc(-c2c(-n3c4ccccc4c4ccc(C(C)(C)C)cc43)cc(C#N)cc2-n2c3ccccc3c3ccc(C(C)(C)C)cc32)c1. The van der Waals surface area contributed by atoms with E-state index in [0.29, 0.717) is 11.1 Å². The maximum Gasteiger partial charge on any atom is 0.0993 e. The molecule has 0 spiro atoms. The van der Waals surface area contributed by atoms with Crippen molar-refractivity contribution >= 4 is 43.6 Å². The molecular formula is C47H40N4. The molecule has 0 N–H and O–H groups in total. The molecular weight excluding hydrogens is 621 g/mol. The molecule has 2 aromatic heterocycles. The maximum absolute atomic E-state index is 10.7. The van der Waals surface area contributed by atoms with E-state index in [9.17, 15) is 10.5 Å². The van der Waals surface area contributed by atoms with E-state index >= 15 is 0 Å². The van der Waals surface area contributed by atoms with Crippen molar-refractivity contribution in [2.45, 2.75) is 59.3 Å².